The maximum absolute atomic E-state index is 11.8. The zero-order chi connectivity index (χ0) is 17.4. The standard InChI is InChI=1S/C18H21N3O3/c1-13(21-14(2)22)18(23)20-11-15-6-8-17(9-7-15)24-12-16-5-3-4-10-19-16/h3-10,13H,11-12H2,1-2H3,(H,20,23)(H,21,22). The molecule has 126 valence electrons. The van der Waals surface area contributed by atoms with Gasteiger partial charge in [-0.3, -0.25) is 14.6 Å². The molecule has 2 rings (SSSR count). The van der Waals surface area contributed by atoms with Gasteiger partial charge in [0.15, 0.2) is 0 Å². The van der Waals surface area contributed by atoms with Crippen molar-refractivity contribution in [2.45, 2.75) is 33.0 Å². The van der Waals surface area contributed by atoms with Gasteiger partial charge in [0.1, 0.15) is 18.4 Å². The molecule has 0 radical (unpaired) electrons. The molecule has 0 saturated heterocycles. The van der Waals surface area contributed by atoms with Gasteiger partial charge in [-0.05, 0) is 36.8 Å². The fourth-order valence-corrected chi connectivity index (χ4v) is 2.06. The van der Waals surface area contributed by atoms with E-state index in [1.807, 2.05) is 42.5 Å². The van der Waals surface area contributed by atoms with E-state index in [0.29, 0.717) is 13.2 Å². The maximum atomic E-state index is 11.8. The number of hydrogen-bond acceptors (Lipinski definition) is 4. The van der Waals surface area contributed by atoms with Crippen LogP contribution in [0.2, 0.25) is 0 Å². The lowest BCUT2D eigenvalue weighted by Crippen LogP contribution is -2.43. The SMILES string of the molecule is CC(=O)NC(C)C(=O)NCc1ccc(OCc2ccccn2)cc1. The molecule has 1 heterocycles. The Morgan fingerprint density at radius 2 is 1.92 bits per heavy atom. The van der Waals surface area contributed by atoms with Gasteiger partial charge in [0.2, 0.25) is 11.8 Å². The Morgan fingerprint density at radius 1 is 1.17 bits per heavy atom. The highest BCUT2D eigenvalue weighted by molar-refractivity contribution is 5.86. The van der Waals surface area contributed by atoms with E-state index in [1.54, 1.807) is 13.1 Å². The number of pyridine rings is 1. The molecule has 6 nitrogen and oxygen atoms in total. The summed E-state index contributed by atoms with van der Waals surface area (Å²) in [5.74, 6) is 0.287. The molecule has 0 bridgehead atoms. The van der Waals surface area contributed by atoms with Gasteiger partial charge in [-0.15, -0.1) is 0 Å². The highest BCUT2D eigenvalue weighted by Crippen LogP contribution is 2.13. The number of aromatic nitrogens is 1. The maximum Gasteiger partial charge on any atom is 0.242 e. The van der Waals surface area contributed by atoms with E-state index >= 15 is 0 Å². The number of carbonyl (C=O) groups is 2. The second-order valence-electron chi connectivity index (χ2n) is 5.39. The molecule has 0 spiro atoms. The second kappa shape index (κ2) is 8.67. The van der Waals surface area contributed by atoms with Crippen molar-refractivity contribution in [3.63, 3.8) is 0 Å². The zero-order valence-corrected chi connectivity index (χ0v) is 13.8. The molecule has 24 heavy (non-hydrogen) atoms. The smallest absolute Gasteiger partial charge is 0.242 e. The number of carbonyl (C=O) groups excluding carboxylic acids is 2. The van der Waals surface area contributed by atoms with E-state index in [4.69, 9.17) is 4.74 Å². The first-order chi connectivity index (χ1) is 11.5. The van der Waals surface area contributed by atoms with Crippen LogP contribution in [0.5, 0.6) is 5.75 Å². The zero-order valence-electron chi connectivity index (χ0n) is 13.8. The molecule has 1 aromatic carbocycles. The van der Waals surface area contributed by atoms with Crippen molar-refractivity contribution < 1.29 is 14.3 Å². The summed E-state index contributed by atoms with van der Waals surface area (Å²) in [7, 11) is 0. The average Bonchev–Trinajstić information content (AvgIpc) is 2.59. The van der Waals surface area contributed by atoms with Gasteiger partial charge in [-0.25, -0.2) is 0 Å². The minimum Gasteiger partial charge on any atom is -0.487 e. The summed E-state index contributed by atoms with van der Waals surface area (Å²) in [6.45, 7) is 3.83. The molecule has 1 aromatic heterocycles. The number of nitrogens with one attached hydrogen (secondary N) is 2. The molecule has 0 aliphatic carbocycles. The van der Waals surface area contributed by atoms with Crippen LogP contribution in [0, 0.1) is 0 Å². The molecule has 0 fully saturated rings. The highest BCUT2D eigenvalue weighted by Gasteiger charge is 2.12. The molecule has 0 aliphatic heterocycles. The lowest BCUT2D eigenvalue weighted by atomic mass is 10.2. The van der Waals surface area contributed by atoms with Gasteiger partial charge >= 0.3 is 0 Å². The van der Waals surface area contributed by atoms with Crippen LogP contribution in [0.4, 0.5) is 0 Å². The minimum absolute atomic E-state index is 0.222. The number of benzene rings is 1. The van der Waals surface area contributed by atoms with Gasteiger partial charge < -0.3 is 15.4 Å². The number of ether oxygens (including phenoxy) is 1. The number of hydrogen-bond donors (Lipinski definition) is 2. The third kappa shape index (κ3) is 5.72. The van der Waals surface area contributed by atoms with Gasteiger partial charge in [-0.1, -0.05) is 18.2 Å². The van der Waals surface area contributed by atoms with E-state index in [0.717, 1.165) is 17.0 Å². The van der Waals surface area contributed by atoms with Crippen molar-refractivity contribution in [2.75, 3.05) is 0 Å². The Labute approximate surface area is 141 Å². The Kier molecular flexibility index (Phi) is 6.31. The molecule has 2 aromatic rings. The third-order valence-corrected chi connectivity index (χ3v) is 3.32. The van der Waals surface area contributed by atoms with Crippen molar-refractivity contribution in [1.82, 2.24) is 15.6 Å². The molecule has 6 heteroatoms. The van der Waals surface area contributed by atoms with Gasteiger partial charge in [-0.2, -0.15) is 0 Å². The summed E-state index contributed by atoms with van der Waals surface area (Å²) >= 11 is 0. The van der Waals surface area contributed by atoms with Crippen LogP contribution in [0.3, 0.4) is 0 Å². The van der Waals surface area contributed by atoms with Gasteiger partial charge in [0.25, 0.3) is 0 Å². The van der Waals surface area contributed by atoms with Crippen molar-refractivity contribution in [3.05, 3.63) is 59.9 Å². The van der Waals surface area contributed by atoms with E-state index in [9.17, 15) is 9.59 Å². The summed E-state index contributed by atoms with van der Waals surface area (Å²) in [6, 6.07) is 12.6. The van der Waals surface area contributed by atoms with Crippen molar-refractivity contribution >= 4 is 11.8 Å². The predicted molar refractivity (Wildman–Crippen MR) is 90.1 cm³/mol. The Morgan fingerprint density at radius 3 is 2.54 bits per heavy atom. The Bertz CT molecular complexity index is 672. The van der Waals surface area contributed by atoms with Crippen LogP contribution in [0.15, 0.2) is 48.7 Å². The van der Waals surface area contributed by atoms with E-state index in [2.05, 4.69) is 15.6 Å². The Hall–Kier alpha value is -2.89. The monoisotopic (exact) mass is 327 g/mol. The fourth-order valence-electron chi connectivity index (χ4n) is 2.06. The highest BCUT2D eigenvalue weighted by atomic mass is 16.5. The summed E-state index contributed by atoms with van der Waals surface area (Å²) in [5, 5.41) is 5.32. The van der Waals surface area contributed by atoms with Gasteiger partial charge in [0.05, 0.1) is 5.69 Å². The molecular weight excluding hydrogens is 306 g/mol. The minimum atomic E-state index is -0.552. The van der Waals surface area contributed by atoms with Crippen LogP contribution < -0.4 is 15.4 Å². The first kappa shape index (κ1) is 17.5. The average molecular weight is 327 g/mol. The quantitative estimate of drug-likeness (QED) is 0.813. The fraction of sp³-hybridized carbons (Fsp3) is 0.278. The van der Waals surface area contributed by atoms with Crippen molar-refractivity contribution in [2.24, 2.45) is 0 Å². The predicted octanol–water partition coefficient (Wildman–Crippen LogP) is 1.80. The molecule has 2 amide bonds. The number of amides is 2. The Balaban J connectivity index is 1.79. The van der Waals surface area contributed by atoms with E-state index in [1.165, 1.54) is 6.92 Å². The lowest BCUT2D eigenvalue weighted by molar-refractivity contribution is -0.127. The largest absolute Gasteiger partial charge is 0.487 e. The molecular formula is C18H21N3O3. The van der Waals surface area contributed by atoms with Crippen LogP contribution in [-0.2, 0) is 22.7 Å². The summed E-state index contributed by atoms with van der Waals surface area (Å²) in [4.78, 5) is 26.9. The lowest BCUT2D eigenvalue weighted by Gasteiger charge is -2.13. The van der Waals surface area contributed by atoms with Crippen LogP contribution in [0.25, 0.3) is 0 Å². The summed E-state index contributed by atoms with van der Waals surface area (Å²) < 4.78 is 5.66. The second-order valence-corrected chi connectivity index (χ2v) is 5.39. The van der Waals surface area contributed by atoms with Crippen molar-refractivity contribution in [3.8, 4) is 5.75 Å². The first-order valence-corrected chi connectivity index (χ1v) is 7.71. The van der Waals surface area contributed by atoms with E-state index < -0.39 is 6.04 Å². The van der Waals surface area contributed by atoms with E-state index in [-0.39, 0.29) is 11.8 Å². The topological polar surface area (TPSA) is 80.3 Å². The molecule has 1 atom stereocenters. The molecule has 2 N–H and O–H groups in total. The van der Waals surface area contributed by atoms with Crippen molar-refractivity contribution in [1.29, 1.82) is 0 Å². The molecule has 0 aliphatic rings. The number of rotatable bonds is 7. The normalized spacial score (nSPS) is 11.4. The first-order valence-electron chi connectivity index (χ1n) is 7.71. The van der Waals surface area contributed by atoms with Crippen LogP contribution in [-0.4, -0.2) is 22.8 Å². The number of nitrogens with zero attached hydrogens (tertiary/aromatic N) is 1. The summed E-state index contributed by atoms with van der Waals surface area (Å²) in [5.41, 5.74) is 1.81. The third-order valence-electron chi connectivity index (χ3n) is 3.32. The van der Waals surface area contributed by atoms with Crippen LogP contribution in [0.1, 0.15) is 25.1 Å². The molecule has 1 unspecified atom stereocenters. The molecule has 0 saturated carbocycles. The van der Waals surface area contributed by atoms with Gasteiger partial charge in [0, 0.05) is 19.7 Å². The van der Waals surface area contributed by atoms with Crippen LogP contribution >= 0.6 is 0 Å². The summed E-state index contributed by atoms with van der Waals surface area (Å²) in [6.07, 6.45) is 1.73.